The molecule has 0 unspecified atom stereocenters. The molecule has 0 atom stereocenters. The van der Waals surface area contributed by atoms with Gasteiger partial charge in [-0.15, -0.1) is 0 Å². The second-order valence-corrected chi connectivity index (χ2v) is 1.42. The number of nitrogens with one attached hydrogen (secondary N) is 1. The van der Waals surface area contributed by atoms with Gasteiger partial charge in [-0.1, -0.05) is 13.0 Å². The second-order valence-electron chi connectivity index (χ2n) is 1.42. The van der Waals surface area contributed by atoms with Crippen LogP contribution in [0.15, 0.2) is 12.3 Å². The molecule has 0 aromatic carbocycles. The van der Waals surface area contributed by atoms with Crippen LogP contribution < -0.4 is 5.32 Å². The molecule has 0 fully saturated rings. The summed E-state index contributed by atoms with van der Waals surface area (Å²) in [5.74, 6) is 0.0584. The molecule has 2 nitrogen and oxygen atoms in total. The molecule has 0 aliphatic carbocycles. The van der Waals surface area contributed by atoms with Crippen molar-refractivity contribution in [1.82, 2.24) is 5.32 Å². The lowest BCUT2D eigenvalue weighted by atomic mass is 10.4. The monoisotopic (exact) mass is 113 g/mol. The SMILES string of the molecule is C/C=C/NC(=O)CC. The normalized spacial score (nSPS) is 9.75. The molecule has 0 bridgehead atoms. The summed E-state index contributed by atoms with van der Waals surface area (Å²) in [5.41, 5.74) is 0. The molecule has 1 amide bonds. The van der Waals surface area contributed by atoms with Crippen LogP contribution in [-0.4, -0.2) is 5.91 Å². The van der Waals surface area contributed by atoms with Crippen molar-refractivity contribution < 1.29 is 4.79 Å². The van der Waals surface area contributed by atoms with Crippen molar-refractivity contribution in [2.75, 3.05) is 0 Å². The smallest absolute Gasteiger partial charge is 0.223 e. The van der Waals surface area contributed by atoms with Crippen LogP contribution in [0.4, 0.5) is 0 Å². The fraction of sp³-hybridized carbons (Fsp3) is 0.500. The predicted molar refractivity (Wildman–Crippen MR) is 33.2 cm³/mol. The van der Waals surface area contributed by atoms with E-state index >= 15 is 0 Å². The van der Waals surface area contributed by atoms with Crippen molar-refractivity contribution in [1.29, 1.82) is 0 Å². The summed E-state index contributed by atoms with van der Waals surface area (Å²) in [6.45, 7) is 3.68. The Morgan fingerprint density at radius 1 is 1.75 bits per heavy atom. The Morgan fingerprint density at radius 3 is 2.75 bits per heavy atom. The van der Waals surface area contributed by atoms with Gasteiger partial charge in [-0.05, 0) is 13.1 Å². The molecule has 0 aliphatic rings. The first-order chi connectivity index (χ1) is 3.81. The number of rotatable bonds is 2. The average molecular weight is 113 g/mol. The maximum atomic E-state index is 10.4. The zero-order valence-electron chi connectivity index (χ0n) is 5.27. The van der Waals surface area contributed by atoms with E-state index < -0.39 is 0 Å². The molecule has 0 radical (unpaired) electrons. The third kappa shape index (κ3) is 3.40. The van der Waals surface area contributed by atoms with Crippen LogP contribution in [0.1, 0.15) is 20.3 Å². The van der Waals surface area contributed by atoms with Gasteiger partial charge in [0.25, 0.3) is 0 Å². The average Bonchev–Trinajstić information content (AvgIpc) is 1.83. The molecule has 2 heteroatoms. The van der Waals surface area contributed by atoms with Crippen LogP contribution in [0.3, 0.4) is 0 Å². The summed E-state index contributed by atoms with van der Waals surface area (Å²) < 4.78 is 0. The van der Waals surface area contributed by atoms with E-state index in [2.05, 4.69) is 5.32 Å². The predicted octanol–water partition coefficient (Wildman–Crippen LogP) is 1.05. The molecule has 0 saturated heterocycles. The van der Waals surface area contributed by atoms with Gasteiger partial charge >= 0.3 is 0 Å². The van der Waals surface area contributed by atoms with E-state index in [1.165, 1.54) is 0 Å². The third-order valence-electron chi connectivity index (χ3n) is 0.732. The number of allylic oxidation sites excluding steroid dienone is 1. The first-order valence-electron chi connectivity index (χ1n) is 2.71. The Hall–Kier alpha value is -0.790. The summed E-state index contributed by atoms with van der Waals surface area (Å²) in [7, 11) is 0. The maximum absolute atomic E-state index is 10.4. The van der Waals surface area contributed by atoms with Gasteiger partial charge in [-0.2, -0.15) is 0 Å². The summed E-state index contributed by atoms with van der Waals surface area (Å²) >= 11 is 0. The zero-order valence-corrected chi connectivity index (χ0v) is 5.27. The molecule has 0 heterocycles. The van der Waals surface area contributed by atoms with Gasteiger partial charge < -0.3 is 5.32 Å². The van der Waals surface area contributed by atoms with E-state index in [4.69, 9.17) is 0 Å². The number of amides is 1. The van der Waals surface area contributed by atoms with E-state index in [0.717, 1.165) is 0 Å². The minimum absolute atomic E-state index is 0.0584. The molecule has 0 rings (SSSR count). The van der Waals surface area contributed by atoms with E-state index in [9.17, 15) is 4.79 Å². The van der Waals surface area contributed by atoms with Gasteiger partial charge in [0.05, 0.1) is 0 Å². The lowest BCUT2D eigenvalue weighted by Crippen LogP contribution is -2.14. The summed E-state index contributed by atoms with van der Waals surface area (Å²) in [5, 5.41) is 2.56. The first-order valence-corrected chi connectivity index (χ1v) is 2.71. The minimum Gasteiger partial charge on any atom is -0.333 e. The Morgan fingerprint density at radius 2 is 2.38 bits per heavy atom. The second kappa shape index (κ2) is 4.37. The lowest BCUT2D eigenvalue weighted by molar-refractivity contribution is -0.119. The molecule has 1 N–H and O–H groups in total. The van der Waals surface area contributed by atoms with Gasteiger partial charge in [-0.25, -0.2) is 0 Å². The van der Waals surface area contributed by atoms with Crippen LogP contribution in [-0.2, 0) is 4.79 Å². The molecule has 0 aromatic heterocycles. The Labute approximate surface area is 49.6 Å². The number of hydrogen-bond donors (Lipinski definition) is 1. The molecule has 0 aliphatic heterocycles. The lowest BCUT2D eigenvalue weighted by Gasteiger charge is -1.90. The molecular formula is C6H11NO. The van der Waals surface area contributed by atoms with E-state index in [0.29, 0.717) is 6.42 Å². The fourth-order valence-electron chi connectivity index (χ4n) is 0.278. The highest BCUT2D eigenvalue weighted by Crippen LogP contribution is 1.73. The quantitative estimate of drug-likeness (QED) is 0.569. The highest BCUT2D eigenvalue weighted by atomic mass is 16.1. The number of carbonyl (C=O) groups is 1. The zero-order chi connectivity index (χ0) is 6.41. The minimum atomic E-state index is 0.0584. The highest BCUT2D eigenvalue weighted by molar-refractivity contribution is 5.76. The highest BCUT2D eigenvalue weighted by Gasteiger charge is 1.87. The van der Waals surface area contributed by atoms with Crippen LogP contribution in [0, 0.1) is 0 Å². The largest absolute Gasteiger partial charge is 0.333 e. The van der Waals surface area contributed by atoms with Crippen molar-refractivity contribution in [2.45, 2.75) is 20.3 Å². The molecule has 46 valence electrons. The molecule has 0 saturated carbocycles. The summed E-state index contributed by atoms with van der Waals surface area (Å²) in [4.78, 5) is 10.4. The third-order valence-corrected chi connectivity index (χ3v) is 0.732. The van der Waals surface area contributed by atoms with Gasteiger partial charge in [0, 0.05) is 6.42 Å². The van der Waals surface area contributed by atoms with E-state index in [-0.39, 0.29) is 5.91 Å². The molecule has 0 aromatic rings. The van der Waals surface area contributed by atoms with Gasteiger partial charge in [0.1, 0.15) is 0 Å². The summed E-state index contributed by atoms with van der Waals surface area (Å²) in [6.07, 6.45) is 3.96. The van der Waals surface area contributed by atoms with Crippen LogP contribution in [0.25, 0.3) is 0 Å². The van der Waals surface area contributed by atoms with Crippen molar-refractivity contribution >= 4 is 5.91 Å². The van der Waals surface area contributed by atoms with Gasteiger partial charge in [0.15, 0.2) is 0 Å². The fourth-order valence-corrected chi connectivity index (χ4v) is 0.278. The Kier molecular flexibility index (Phi) is 3.94. The van der Waals surface area contributed by atoms with Crippen LogP contribution >= 0.6 is 0 Å². The van der Waals surface area contributed by atoms with Crippen molar-refractivity contribution in [2.24, 2.45) is 0 Å². The van der Waals surface area contributed by atoms with E-state index in [1.54, 1.807) is 12.3 Å². The number of hydrogen-bond acceptors (Lipinski definition) is 1. The van der Waals surface area contributed by atoms with Crippen molar-refractivity contribution in [3.63, 3.8) is 0 Å². The van der Waals surface area contributed by atoms with E-state index in [1.807, 2.05) is 13.8 Å². The first kappa shape index (κ1) is 7.21. The maximum Gasteiger partial charge on any atom is 0.223 e. The molecule has 0 spiro atoms. The van der Waals surface area contributed by atoms with Gasteiger partial charge in [-0.3, -0.25) is 4.79 Å². The van der Waals surface area contributed by atoms with Gasteiger partial charge in [0.2, 0.25) is 5.91 Å². The Bertz CT molecular complexity index is 96.7. The summed E-state index contributed by atoms with van der Waals surface area (Å²) in [6, 6.07) is 0. The van der Waals surface area contributed by atoms with Crippen LogP contribution in [0.2, 0.25) is 0 Å². The standard InChI is InChI=1S/C6H11NO/c1-3-5-7-6(8)4-2/h3,5H,4H2,1-2H3,(H,7,8)/b5-3+. The molecular weight excluding hydrogens is 102 g/mol. The molecule has 8 heavy (non-hydrogen) atoms. The Balaban J connectivity index is 3.25. The topological polar surface area (TPSA) is 29.1 Å². The van der Waals surface area contributed by atoms with Crippen molar-refractivity contribution in [3.8, 4) is 0 Å². The van der Waals surface area contributed by atoms with Crippen molar-refractivity contribution in [3.05, 3.63) is 12.3 Å². The number of carbonyl (C=O) groups excluding carboxylic acids is 1. The van der Waals surface area contributed by atoms with Crippen LogP contribution in [0.5, 0.6) is 0 Å².